The molecule has 3 rings (SSSR count). The van der Waals surface area contributed by atoms with Crippen LogP contribution in [0.2, 0.25) is 0 Å². The molecule has 3 aromatic rings. The van der Waals surface area contributed by atoms with Gasteiger partial charge in [-0.15, -0.1) is 22.0 Å². The third kappa shape index (κ3) is 4.84. The van der Waals surface area contributed by atoms with Crippen molar-refractivity contribution in [3.8, 4) is 17.5 Å². The van der Waals surface area contributed by atoms with Gasteiger partial charge in [-0.05, 0) is 24.3 Å². The number of pyridine rings is 1. The highest BCUT2D eigenvalue weighted by Crippen LogP contribution is 2.27. The van der Waals surface area contributed by atoms with Gasteiger partial charge in [0.1, 0.15) is 0 Å². The molecule has 0 aliphatic rings. The third-order valence-electron chi connectivity index (χ3n) is 3.11. The summed E-state index contributed by atoms with van der Waals surface area (Å²) in [4.78, 5) is 17.0. The van der Waals surface area contributed by atoms with E-state index in [2.05, 4.69) is 26.6 Å². The fourth-order valence-electron chi connectivity index (χ4n) is 2.00. The van der Waals surface area contributed by atoms with E-state index in [1.165, 1.54) is 11.8 Å². The Morgan fingerprint density at radius 2 is 1.96 bits per heavy atom. The summed E-state index contributed by atoms with van der Waals surface area (Å²) in [6.07, 6.45) is 3.28. The number of para-hydroxylation sites is 1. The molecule has 0 fully saturated rings. The van der Waals surface area contributed by atoms with Crippen molar-refractivity contribution in [1.82, 2.24) is 15.2 Å². The fraction of sp³-hybridized carbons (Fsp3) is 0.118. The molecule has 1 N–H and O–H groups in total. The van der Waals surface area contributed by atoms with Crippen molar-refractivity contribution in [3.63, 3.8) is 0 Å². The summed E-state index contributed by atoms with van der Waals surface area (Å²) in [7, 11) is 0. The molecule has 0 aliphatic heterocycles. The summed E-state index contributed by atoms with van der Waals surface area (Å²) < 4.78 is 5.54. The standard InChI is InChI=1S/C17H13N5O2S2/c18-7-10-25-14-4-2-1-3-13(14)20-15(23)11-26-17-22-21-16(24-17)12-5-8-19-9-6-12/h1-6,8-9H,10-11H2,(H,20,23). The minimum Gasteiger partial charge on any atom is -0.411 e. The van der Waals surface area contributed by atoms with Crippen LogP contribution in [0.3, 0.4) is 0 Å². The van der Waals surface area contributed by atoms with Crippen LogP contribution >= 0.6 is 23.5 Å². The van der Waals surface area contributed by atoms with Gasteiger partial charge in [-0.25, -0.2) is 0 Å². The van der Waals surface area contributed by atoms with E-state index in [0.29, 0.717) is 22.6 Å². The molecule has 1 aromatic carbocycles. The molecule has 7 nitrogen and oxygen atoms in total. The van der Waals surface area contributed by atoms with Crippen LogP contribution in [0.4, 0.5) is 5.69 Å². The van der Waals surface area contributed by atoms with Crippen molar-refractivity contribution in [1.29, 1.82) is 5.26 Å². The van der Waals surface area contributed by atoms with E-state index in [4.69, 9.17) is 9.68 Å². The average Bonchev–Trinajstić information content (AvgIpc) is 3.15. The highest BCUT2D eigenvalue weighted by molar-refractivity contribution is 8.00. The lowest BCUT2D eigenvalue weighted by Crippen LogP contribution is -2.14. The number of rotatable bonds is 7. The third-order valence-corrected chi connectivity index (χ3v) is 4.87. The van der Waals surface area contributed by atoms with Crippen LogP contribution in [0.1, 0.15) is 0 Å². The van der Waals surface area contributed by atoms with Crippen LogP contribution < -0.4 is 5.32 Å². The Morgan fingerprint density at radius 1 is 1.15 bits per heavy atom. The summed E-state index contributed by atoms with van der Waals surface area (Å²) in [6.45, 7) is 0. The molecule has 9 heteroatoms. The number of nitriles is 1. The first-order chi connectivity index (χ1) is 12.8. The summed E-state index contributed by atoms with van der Waals surface area (Å²) in [5.74, 6) is 0.647. The molecule has 26 heavy (non-hydrogen) atoms. The maximum atomic E-state index is 12.2. The second-order valence-electron chi connectivity index (χ2n) is 4.89. The predicted octanol–water partition coefficient (Wildman–Crippen LogP) is 3.48. The van der Waals surface area contributed by atoms with Crippen molar-refractivity contribution in [2.75, 3.05) is 16.8 Å². The molecule has 0 atom stereocenters. The lowest BCUT2D eigenvalue weighted by molar-refractivity contribution is -0.113. The van der Waals surface area contributed by atoms with Crippen LogP contribution in [-0.2, 0) is 4.79 Å². The van der Waals surface area contributed by atoms with Crippen LogP contribution in [0.25, 0.3) is 11.5 Å². The van der Waals surface area contributed by atoms with Crippen molar-refractivity contribution >= 4 is 35.1 Å². The maximum Gasteiger partial charge on any atom is 0.277 e. The zero-order chi connectivity index (χ0) is 18.2. The highest BCUT2D eigenvalue weighted by atomic mass is 32.2. The number of anilines is 1. The van der Waals surface area contributed by atoms with Gasteiger partial charge >= 0.3 is 0 Å². The number of carbonyl (C=O) groups excluding carboxylic acids is 1. The van der Waals surface area contributed by atoms with Crippen LogP contribution in [0.15, 0.2) is 63.3 Å². The molecule has 130 valence electrons. The number of hydrogen-bond donors (Lipinski definition) is 1. The molecule has 0 radical (unpaired) electrons. The Bertz CT molecular complexity index is 924. The highest BCUT2D eigenvalue weighted by Gasteiger charge is 2.12. The number of aromatic nitrogens is 3. The fourth-order valence-corrected chi connectivity index (χ4v) is 3.23. The largest absolute Gasteiger partial charge is 0.411 e. The van der Waals surface area contributed by atoms with Gasteiger partial charge < -0.3 is 9.73 Å². The van der Waals surface area contributed by atoms with Gasteiger partial charge in [0.05, 0.1) is 23.3 Å². The molecule has 1 amide bonds. The number of amides is 1. The van der Waals surface area contributed by atoms with E-state index in [9.17, 15) is 4.79 Å². The Morgan fingerprint density at radius 3 is 2.77 bits per heavy atom. The number of nitrogens with one attached hydrogen (secondary N) is 1. The Kier molecular flexibility index (Phi) is 6.24. The summed E-state index contributed by atoms with van der Waals surface area (Å²) >= 11 is 2.54. The molecule has 0 aliphatic carbocycles. The minimum atomic E-state index is -0.191. The van der Waals surface area contributed by atoms with Gasteiger partial charge in [0, 0.05) is 22.9 Å². The lowest BCUT2D eigenvalue weighted by atomic mass is 10.3. The van der Waals surface area contributed by atoms with E-state index in [0.717, 1.165) is 22.2 Å². The van der Waals surface area contributed by atoms with Gasteiger partial charge in [0.25, 0.3) is 5.22 Å². The summed E-state index contributed by atoms with van der Waals surface area (Å²) in [5, 5.41) is 19.8. The van der Waals surface area contributed by atoms with Crippen molar-refractivity contribution in [2.45, 2.75) is 10.1 Å². The van der Waals surface area contributed by atoms with Crippen molar-refractivity contribution in [2.24, 2.45) is 0 Å². The molecular formula is C17H13N5O2S2. The first-order valence-corrected chi connectivity index (χ1v) is 9.48. The Hall–Kier alpha value is -2.83. The second-order valence-corrected chi connectivity index (χ2v) is 6.83. The van der Waals surface area contributed by atoms with E-state index in [1.54, 1.807) is 30.6 Å². The molecule has 0 unspecified atom stereocenters. The molecule has 0 saturated heterocycles. The van der Waals surface area contributed by atoms with E-state index in [-0.39, 0.29) is 11.7 Å². The van der Waals surface area contributed by atoms with Gasteiger partial charge in [0.15, 0.2) is 0 Å². The topological polar surface area (TPSA) is 105 Å². The molecular weight excluding hydrogens is 370 g/mol. The number of hydrogen-bond acceptors (Lipinski definition) is 8. The number of thioether (sulfide) groups is 2. The van der Waals surface area contributed by atoms with E-state index in [1.807, 2.05) is 18.2 Å². The average molecular weight is 383 g/mol. The second kappa shape index (κ2) is 9.03. The van der Waals surface area contributed by atoms with E-state index >= 15 is 0 Å². The smallest absolute Gasteiger partial charge is 0.277 e. The molecule has 0 saturated carbocycles. The first kappa shape index (κ1) is 18.0. The quantitative estimate of drug-likeness (QED) is 0.618. The molecule has 0 spiro atoms. The van der Waals surface area contributed by atoms with Crippen LogP contribution in [0, 0.1) is 11.3 Å². The Balaban J connectivity index is 1.57. The zero-order valence-electron chi connectivity index (χ0n) is 13.5. The minimum absolute atomic E-state index is 0.134. The van der Waals surface area contributed by atoms with Crippen LogP contribution in [-0.4, -0.2) is 32.6 Å². The van der Waals surface area contributed by atoms with Gasteiger partial charge in [0.2, 0.25) is 11.8 Å². The molecule has 2 heterocycles. The lowest BCUT2D eigenvalue weighted by Gasteiger charge is -2.08. The predicted molar refractivity (Wildman–Crippen MR) is 99.7 cm³/mol. The van der Waals surface area contributed by atoms with E-state index < -0.39 is 0 Å². The number of benzene rings is 1. The van der Waals surface area contributed by atoms with Gasteiger partial charge in [-0.2, -0.15) is 5.26 Å². The SMILES string of the molecule is N#CCSc1ccccc1NC(=O)CSc1nnc(-c2ccncc2)o1. The van der Waals surface area contributed by atoms with Gasteiger partial charge in [-0.1, -0.05) is 23.9 Å². The number of carbonyl (C=O) groups is 1. The molecule has 0 bridgehead atoms. The monoisotopic (exact) mass is 383 g/mol. The summed E-state index contributed by atoms with van der Waals surface area (Å²) in [5.41, 5.74) is 1.45. The van der Waals surface area contributed by atoms with Crippen LogP contribution in [0.5, 0.6) is 0 Å². The summed E-state index contributed by atoms with van der Waals surface area (Å²) in [6, 6.07) is 13.0. The Labute approximate surface area is 158 Å². The van der Waals surface area contributed by atoms with Crippen molar-refractivity contribution < 1.29 is 9.21 Å². The van der Waals surface area contributed by atoms with Gasteiger partial charge in [-0.3, -0.25) is 9.78 Å². The molecule has 2 aromatic heterocycles. The number of nitrogens with zero attached hydrogens (tertiary/aromatic N) is 4. The normalized spacial score (nSPS) is 10.3. The zero-order valence-corrected chi connectivity index (χ0v) is 15.1. The van der Waals surface area contributed by atoms with Crippen molar-refractivity contribution in [3.05, 3.63) is 48.8 Å². The first-order valence-electron chi connectivity index (χ1n) is 7.51. The maximum absolute atomic E-state index is 12.2.